The topological polar surface area (TPSA) is 94.6 Å². The quantitative estimate of drug-likeness (QED) is 0.840. The summed E-state index contributed by atoms with van der Waals surface area (Å²) >= 11 is 0. The highest BCUT2D eigenvalue weighted by molar-refractivity contribution is 5.88. The molecule has 1 unspecified atom stereocenters. The number of hydrogen-bond acceptors (Lipinski definition) is 5. The molecule has 0 bridgehead atoms. The number of carboxylic acids is 1. The summed E-state index contributed by atoms with van der Waals surface area (Å²) in [5, 5.41) is 12.9. The summed E-state index contributed by atoms with van der Waals surface area (Å²) in [4.78, 5) is 22.3. The lowest BCUT2D eigenvalue weighted by atomic mass is 10.2. The third kappa shape index (κ3) is 2.71. The number of carbonyl (C=O) groups excluding carboxylic acids is 1. The Kier molecular flexibility index (Phi) is 3.88. The van der Waals surface area contributed by atoms with Crippen LogP contribution in [0.1, 0.15) is 46.6 Å². The molecule has 20 heavy (non-hydrogen) atoms. The van der Waals surface area contributed by atoms with Gasteiger partial charge in [-0.05, 0) is 26.0 Å². The fourth-order valence-electron chi connectivity index (χ4n) is 1.69. The van der Waals surface area contributed by atoms with Gasteiger partial charge in [0.05, 0.1) is 18.4 Å². The number of ether oxygens (including phenoxy) is 1. The smallest absolute Gasteiger partial charge is 0.371 e. The van der Waals surface area contributed by atoms with Crippen LogP contribution >= 0.6 is 0 Å². The molecule has 7 nitrogen and oxygen atoms in total. The Hall–Kier alpha value is -2.57. The second-order valence-electron chi connectivity index (χ2n) is 4.11. The van der Waals surface area contributed by atoms with E-state index in [1.165, 1.54) is 23.1 Å². The first kappa shape index (κ1) is 13.9. The lowest BCUT2D eigenvalue weighted by molar-refractivity contribution is 0.0525. The van der Waals surface area contributed by atoms with Crippen molar-refractivity contribution >= 4 is 11.9 Å². The molecule has 0 radical (unpaired) electrons. The fourth-order valence-corrected chi connectivity index (χ4v) is 1.69. The zero-order valence-electron chi connectivity index (χ0n) is 11.1. The molecule has 2 aromatic rings. The van der Waals surface area contributed by atoms with Crippen molar-refractivity contribution in [1.82, 2.24) is 9.78 Å². The van der Waals surface area contributed by atoms with Crippen molar-refractivity contribution in [3.8, 4) is 0 Å². The van der Waals surface area contributed by atoms with E-state index in [1.54, 1.807) is 19.9 Å². The van der Waals surface area contributed by atoms with E-state index >= 15 is 0 Å². The first-order chi connectivity index (χ1) is 9.52. The van der Waals surface area contributed by atoms with E-state index in [0.29, 0.717) is 17.9 Å². The van der Waals surface area contributed by atoms with E-state index in [-0.39, 0.29) is 11.8 Å². The van der Waals surface area contributed by atoms with Crippen LogP contribution in [0.3, 0.4) is 0 Å². The van der Waals surface area contributed by atoms with Crippen molar-refractivity contribution in [2.75, 3.05) is 6.61 Å². The number of rotatable bonds is 5. The third-order valence-electron chi connectivity index (χ3n) is 2.76. The van der Waals surface area contributed by atoms with Crippen LogP contribution in [0, 0.1) is 0 Å². The Bertz CT molecular complexity index is 628. The van der Waals surface area contributed by atoms with Crippen LogP contribution in [-0.4, -0.2) is 33.4 Å². The van der Waals surface area contributed by atoms with Crippen LogP contribution in [0.5, 0.6) is 0 Å². The molecule has 0 fully saturated rings. The summed E-state index contributed by atoms with van der Waals surface area (Å²) in [5.74, 6) is -1.27. The minimum absolute atomic E-state index is 0.135. The van der Waals surface area contributed by atoms with Gasteiger partial charge in [-0.3, -0.25) is 4.68 Å². The Morgan fingerprint density at radius 2 is 2.25 bits per heavy atom. The van der Waals surface area contributed by atoms with Crippen LogP contribution < -0.4 is 0 Å². The van der Waals surface area contributed by atoms with E-state index in [4.69, 9.17) is 14.3 Å². The zero-order chi connectivity index (χ0) is 14.7. The van der Waals surface area contributed by atoms with E-state index in [0.717, 1.165) is 0 Å². The summed E-state index contributed by atoms with van der Waals surface area (Å²) in [6.07, 6.45) is 2.93. The van der Waals surface area contributed by atoms with Gasteiger partial charge < -0.3 is 14.3 Å². The number of esters is 1. The Morgan fingerprint density at radius 3 is 2.85 bits per heavy atom. The van der Waals surface area contributed by atoms with Gasteiger partial charge in [-0.15, -0.1) is 0 Å². The van der Waals surface area contributed by atoms with Crippen molar-refractivity contribution in [3.63, 3.8) is 0 Å². The van der Waals surface area contributed by atoms with E-state index in [9.17, 15) is 9.59 Å². The van der Waals surface area contributed by atoms with Gasteiger partial charge in [-0.1, -0.05) is 0 Å². The molecule has 7 heteroatoms. The van der Waals surface area contributed by atoms with Crippen LogP contribution in [0.4, 0.5) is 0 Å². The van der Waals surface area contributed by atoms with Crippen molar-refractivity contribution in [1.29, 1.82) is 0 Å². The zero-order valence-corrected chi connectivity index (χ0v) is 11.1. The van der Waals surface area contributed by atoms with Gasteiger partial charge in [0, 0.05) is 6.20 Å². The third-order valence-corrected chi connectivity index (χ3v) is 2.76. The normalized spacial score (nSPS) is 12.1. The van der Waals surface area contributed by atoms with Crippen LogP contribution in [0.15, 0.2) is 28.9 Å². The lowest BCUT2D eigenvalue weighted by Crippen LogP contribution is -2.07. The fraction of sp³-hybridized carbons (Fsp3) is 0.308. The first-order valence-electron chi connectivity index (χ1n) is 6.07. The standard InChI is InChI=1S/C13H14N2O5/c1-3-19-13(18)9-6-14-15(7-9)8(2)10-4-5-11(20-10)12(16)17/h4-8H,3H2,1-2H3,(H,16,17). The monoisotopic (exact) mass is 278 g/mol. The number of carboxylic acid groups (broad SMARTS) is 1. The van der Waals surface area contributed by atoms with Gasteiger partial charge in [0.15, 0.2) is 0 Å². The highest BCUT2D eigenvalue weighted by Gasteiger charge is 2.18. The molecule has 1 N–H and O–H groups in total. The van der Waals surface area contributed by atoms with Crippen molar-refractivity contribution in [3.05, 3.63) is 41.6 Å². The number of aromatic nitrogens is 2. The number of furan rings is 1. The Morgan fingerprint density at radius 1 is 1.50 bits per heavy atom. The minimum Gasteiger partial charge on any atom is -0.475 e. The Labute approximate surface area is 114 Å². The average Bonchev–Trinajstić information content (AvgIpc) is 3.08. The van der Waals surface area contributed by atoms with Crippen molar-refractivity contribution in [2.24, 2.45) is 0 Å². The number of aromatic carboxylic acids is 1. The Balaban J connectivity index is 2.18. The van der Waals surface area contributed by atoms with Gasteiger partial charge in [0.1, 0.15) is 11.8 Å². The van der Waals surface area contributed by atoms with Gasteiger partial charge >= 0.3 is 11.9 Å². The van der Waals surface area contributed by atoms with Crippen LogP contribution in [-0.2, 0) is 4.74 Å². The first-order valence-corrected chi connectivity index (χ1v) is 6.07. The molecule has 2 rings (SSSR count). The largest absolute Gasteiger partial charge is 0.475 e. The number of carbonyl (C=O) groups is 2. The second kappa shape index (κ2) is 5.60. The molecule has 0 aliphatic carbocycles. The summed E-state index contributed by atoms with van der Waals surface area (Å²) in [6, 6.07) is 2.62. The average molecular weight is 278 g/mol. The van der Waals surface area contributed by atoms with Crippen LogP contribution in [0.25, 0.3) is 0 Å². The summed E-state index contributed by atoms with van der Waals surface area (Å²) < 4.78 is 11.6. The molecule has 0 aliphatic rings. The highest BCUT2D eigenvalue weighted by atomic mass is 16.5. The second-order valence-corrected chi connectivity index (χ2v) is 4.11. The number of hydrogen-bond donors (Lipinski definition) is 1. The van der Waals surface area contributed by atoms with Crippen LogP contribution in [0.2, 0.25) is 0 Å². The van der Waals surface area contributed by atoms with E-state index in [2.05, 4.69) is 5.10 Å². The van der Waals surface area contributed by atoms with Gasteiger partial charge in [-0.2, -0.15) is 5.10 Å². The molecule has 2 aromatic heterocycles. The molecule has 106 valence electrons. The number of nitrogens with zero attached hydrogens (tertiary/aromatic N) is 2. The molecule has 1 atom stereocenters. The van der Waals surface area contributed by atoms with Crippen molar-refractivity contribution < 1.29 is 23.8 Å². The summed E-state index contributed by atoms with van der Waals surface area (Å²) in [5.41, 5.74) is 0.337. The summed E-state index contributed by atoms with van der Waals surface area (Å²) in [6.45, 7) is 3.80. The minimum atomic E-state index is -1.13. The molecule has 0 aliphatic heterocycles. The lowest BCUT2D eigenvalue weighted by Gasteiger charge is -2.08. The maximum absolute atomic E-state index is 11.5. The molecular formula is C13H14N2O5. The molecule has 0 saturated heterocycles. The predicted molar refractivity (Wildman–Crippen MR) is 67.7 cm³/mol. The molecule has 2 heterocycles. The highest BCUT2D eigenvalue weighted by Crippen LogP contribution is 2.20. The maximum Gasteiger partial charge on any atom is 0.371 e. The van der Waals surface area contributed by atoms with Gasteiger partial charge in [-0.25, -0.2) is 9.59 Å². The molecule has 0 aromatic carbocycles. The SMILES string of the molecule is CCOC(=O)c1cnn(C(C)c2ccc(C(=O)O)o2)c1. The van der Waals surface area contributed by atoms with E-state index < -0.39 is 11.9 Å². The molecule has 0 spiro atoms. The van der Waals surface area contributed by atoms with E-state index in [1.807, 2.05) is 0 Å². The molecule has 0 saturated carbocycles. The maximum atomic E-state index is 11.5. The molecular weight excluding hydrogens is 264 g/mol. The summed E-state index contributed by atoms with van der Waals surface area (Å²) in [7, 11) is 0. The van der Waals surface area contributed by atoms with Gasteiger partial charge in [0.25, 0.3) is 0 Å². The van der Waals surface area contributed by atoms with Gasteiger partial charge in [0.2, 0.25) is 5.76 Å². The predicted octanol–water partition coefficient (Wildman–Crippen LogP) is 1.96. The molecule has 0 amide bonds. The van der Waals surface area contributed by atoms with Crippen molar-refractivity contribution in [2.45, 2.75) is 19.9 Å².